The Kier molecular flexibility index (Phi) is 6.41. The first-order valence-corrected chi connectivity index (χ1v) is 6.89. The van der Waals surface area contributed by atoms with Crippen molar-refractivity contribution in [1.82, 2.24) is 9.88 Å². The normalized spacial score (nSPS) is 11.4. The van der Waals surface area contributed by atoms with Crippen LogP contribution >= 0.6 is 15.9 Å². The monoisotopic (exact) mass is 354 g/mol. The van der Waals surface area contributed by atoms with Gasteiger partial charge in [0.05, 0.1) is 12.2 Å². The fraction of sp³-hybridized carbons (Fsp3) is 0.500. The Morgan fingerprint density at radius 1 is 1.40 bits per heavy atom. The molecule has 0 aromatic carbocycles. The summed E-state index contributed by atoms with van der Waals surface area (Å²) in [6.07, 6.45) is -3.80. The molecule has 8 heteroatoms. The molecule has 0 spiro atoms. The summed E-state index contributed by atoms with van der Waals surface area (Å²) in [6.45, 7) is 1.12. The minimum atomic E-state index is -4.46. The van der Waals surface area contributed by atoms with E-state index in [2.05, 4.69) is 20.9 Å². The van der Waals surface area contributed by atoms with Gasteiger partial charge in [0, 0.05) is 31.7 Å². The van der Waals surface area contributed by atoms with Crippen molar-refractivity contribution in [3.63, 3.8) is 0 Å². The first kappa shape index (κ1) is 16.9. The molecule has 1 heterocycles. The quantitative estimate of drug-likeness (QED) is 0.737. The zero-order chi connectivity index (χ0) is 15.2. The van der Waals surface area contributed by atoms with E-state index >= 15 is 0 Å². The summed E-state index contributed by atoms with van der Waals surface area (Å²) in [4.78, 5) is 17.2. The van der Waals surface area contributed by atoms with E-state index in [4.69, 9.17) is 4.74 Å². The van der Waals surface area contributed by atoms with Gasteiger partial charge in [-0.05, 0) is 12.1 Å². The fourth-order valence-corrected chi connectivity index (χ4v) is 1.90. The lowest BCUT2D eigenvalue weighted by atomic mass is 10.2. The van der Waals surface area contributed by atoms with Crippen molar-refractivity contribution < 1.29 is 22.7 Å². The first-order valence-electron chi connectivity index (χ1n) is 5.77. The number of hydrogen-bond acceptors (Lipinski definition) is 3. The molecule has 0 fully saturated rings. The van der Waals surface area contributed by atoms with Crippen molar-refractivity contribution in [2.75, 3.05) is 32.1 Å². The number of methoxy groups -OCH3 is 1. The predicted molar refractivity (Wildman–Crippen MR) is 70.8 cm³/mol. The van der Waals surface area contributed by atoms with Gasteiger partial charge in [0.25, 0.3) is 5.91 Å². The molecule has 1 rings (SSSR count). The van der Waals surface area contributed by atoms with Gasteiger partial charge in [-0.2, -0.15) is 13.2 Å². The molecule has 1 aromatic heterocycles. The van der Waals surface area contributed by atoms with Crippen LogP contribution in [0.15, 0.2) is 18.3 Å². The Bertz CT molecular complexity index is 437. The lowest BCUT2D eigenvalue weighted by Crippen LogP contribution is -2.36. The summed E-state index contributed by atoms with van der Waals surface area (Å²) in [7, 11) is 1.51. The number of aromatic nitrogens is 1. The number of pyridine rings is 1. The molecule has 0 atom stereocenters. The first-order chi connectivity index (χ1) is 9.40. The van der Waals surface area contributed by atoms with Crippen molar-refractivity contribution in [3.8, 4) is 0 Å². The molecule has 0 saturated carbocycles. The molecule has 0 aliphatic heterocycles. The van der Waals surface area contributed by atoms with Crippen LogP contribution in [-0.2, 0) is 10.9 Å². The summed E-state index contributed by atoms with van der Waals surface area (Å²) in [5.74, 6) is -0.421. The maximum atomic E-state index is 12.4. The number of carbonyl (C=O) groups is 1. The second kappa shape index (κ2) is 7.58. The number of halogens is 4. The van der Waals surface area contributed by atoms with Crippen LogP contribution < -0.4 is 0 Å². The highest BCUT2D eigenvalue weighted by Gasteiger charge is 2.31. The minimum Gasteiger partial charge on any atom is -0.383 e. The number of nitrogens with zero attached hydrogens (tertiary/aromatic N) is 2. The van der Waals surface area contributed by atoms with Gasteiger partial charge >= 0.3 is 6.18 Å². The number of carbonyl (C=O) groups excluding carboxylic acids is 1. The smallest absolute Gasteiger partial charge is 0.383 e. The predicted octanol–water partition coefficient (Wildman–Crippen LogP) is 2.58. The van der Waals surface area contributed by atoms with Gasteiger partial charge in [0.15, 0.2) is 0 Å². The zero-order valence-electron chi connectivity index (χ0n) is 10.8. The van der Waals surface area contributed by atoms with E-state index in [1.165, 1.54) is 12.0 Å². The van der Waals surface area contributed by atoms with E-state index in [0.29, 0.717) is 31.2 Å². The van der Waals surface area contributed by atoms with Crippen molar-refractivity contribution in [2.45, 2.75) is 6.18 Å². The number of rotatable bonds is 6. The third kappa shape index (κ3) is 4.75. The molecular formula is C12H14BrF3N2O2. The van der Waals surface area contributed by atoms with Crippen molar-refractivity contribution >= 4 is 21.8 Å². The molecule has 0 unspecified atom stereocenters. The summed E-state index contributed by atoms with van der Waals surface area (Å²) in [6, 6.07) is 1.93. The highest BCUT2D eigenvalue weighted by Crippen LogP contribution is 2.28. The fourth-order valence-electron chi connectivity index (χ4n) is 1.47. The zero-order valence-corrected chi connectivity index (χ0v) is 12.4. The molecule has 0 aliphatic rings. The van der Waals surface area contributed by atoms with Crippen LogP contribution in [0.4, 0.5) is 13.2 Å². The second-order valence-corrected chi connectivity index (χ2v) is 4.70. The Morgan fingerprint density at radius 2 is 2.10 bits per heavy atom. The molecule has 112 valence electrons. The molecule has 1 aromatic rings. The van der Waals surface area contributed by atoms with Crippen LogP contribution in [0.25, 0.3) is 0 Å². The van der Waals surface area contributed by atoms with E-state index in [9.17, 15) is 18.0 Å². The maximum Gasteiger partial charge on any atom is 0.417 e. The molecule has 0 bridgehead atoms. The Labute approximate surface area is 123 Å². The van der Waals surface area contributed by atoms with Crippen molar-refractivity contribution in [3.05, 3.63) is 29.6 Å². The summed E-state index contributed by atoms with van der Waals surface area (Å²) < 4.78 is 42.1. The van der Waals surface area contributed by atoms with Crippen LogP contribution in [0.5, 0.6) is 0 Å². The van der Waals surface area contributed by atoms with Gasteiger partial charge in [0.2, 0.25) is 0 Å². The van der Waals surface area contributed by atoms with E-state index in [-0.39, 0.29) is 5.69 Å². The van der Waals surface area contributed by atoms with Crippen LogP contribution in [0.2, 0.25) is 0 Å². The third-order valence-corrected chi connectivity index (χ3v) is 2.87. The van der Waals surface area contributed by atoms with Gasteiger partial charge in [-0.15, -0.1) is 0 Å². The van der Waals surface area contributed by atoms with Gasteiger partial charge < -0.3 is 9.64 Å². The van der Waals surface area contributed by atoms with E-state index < -0.39 is 17.6 Å². The topological polar surface area (TPSA) is 42.4 Å². The van der Waals surface area contributed by atoms with Crippen LogP contribution in [-0.4, -0.2) is 47.9 Å². The van der Waals surface area contributed by atoms with Gasteiger partial charge in [-0.1, -0.05) is 15.9 Å². The highest BCUT2D eigenvalue weighted by atomic mass is 79.9. The maximum absolute atomic E-state index is 12.4. The minimum absolute atomic E-state index is 0.0185. The molecule has 0 N–H and O–H groups in total. The molecule has 4 nitrogen and oxygen atoms in total. The summed E-state index contributed by atoms with van der Waals surface area (Å²) >= 11 is 3.22. The van der Waals surface area contributed by atoms with E-state index in [0.717, 1.165) is 12.1 Å². The standard InChI is InChI=1S/C12H14BrF3N2O2/c1-20-7-6-18(5-4-13)11(19)10-3-2-9(8-17-10)12(14,15)16/h2-3,8H,4-7H2,1H3. The van der Waals surface area contributed by atoms with E-state index in [1.54, 1.807) is 0 Å². The highest BCUT2D eigenvalue weighted by molar-refractivity contribution is 9.09. The SMILES string of the molecule is COCCN(CCBr)C(=O)c1ccc(C(F)(F)F)cn1. The summed E-state index contributed by atoms with van der Waals surface area (Å²) in [5.41, 5.74) is -0.895. The van der Waals surface area contributed by atoms with Crippen LogP contribution in [0.1, 0.15) is 16.1 Å². The van der Waals surface area contributed by atoms with Crippen LogP contribution in [0, 0.1) is 0 Å². The molecular weight excluding hydrogens is 341 g/mol. The number of alkyl halides is 4. The van der Waals surface area contributed by atoms with Gasteiger partial charge in [-0.3, -0.25) is 9.78 Å². The Morgan fingerprint density at radius 3 is 2.55 bits per heavy atom. The van der Waals surface area contributed by atoms with Gasteiger partial charge in [0.1, 0.15) is 5.69 Å². The number of hydrogen-bond donors (Lipinski definition) is 0. The largest absolute Gasteiger partial charge is 0.417 e. The molecule has 0 radical (unpaired) electrons. The molecule has 1 amide bonds. The molecule has 0 aliphatic carbocycles. The second-order valence-electron chi connectivity index (χ2n) is 3.90. The lowest BCUT2D eigenvalue weighted by Gasteiger charge is -2.21. The van der Waals surface area contributed by atoms with Crippen LogP contribution in [0.3, 0.4) is 0 Å². The van der Waals surface area contributed by atoms with Crippen molar-refractivity contribution in [1.29, 1.82) is 0 Å². The molecule has 20 heavy (non-hydrogen) atoms. The van der Waals surface area contributed by atoms with Gasteiger partial charge in [-0.25, -0.2) is 0 Å². The van der Waals surface area contributed by atoms with Crippen molar-refractivity contribution in [2.24, 2.45) is 0 Å². The average Bonchev–Trinajstić information content (AvgIpc) is 2.42. The number of ether oxygens (including phenoxy) is 1. The third-order valence-electron chi connectivity index (χ3n) is 2.52. The summed E-state index contributed by atoms with van der Waals surface area (Å²) in [5, 5.41) is 0.559. The lowest BCUT2D eigenvalue weighted by molar-refractivity contribution is -0.137. The van der Waals surface area contributed by atoms with E-state index in [1.807, 2.05) is 0 Å². The Hall–Kier alpha value is -1.15. The average molecular weight is 355 g/mol. The number of amides is 1. The molecule has 0 saturated heterocycles. The Balaban J connectivity index is 2.83.